The maximum atomic E-state index is 6.71. The normalized spacial score (nSPS) is 12.1. The van der Waals surface area contributed by atoms with Gasteiger partial charge in [-0.25, -0.2) is 9.97 Å². The molecule has 14 aromatic carbocycles. The van der Waals surface area contributed by atoms with Crippen LogP contribution in [0.5, 0.6) is 0 Å². The van der Waals surface area contributed by atoms with Crippen LogP contribution in [-0.4, -0.2) is 39.0 Å². The van der Waals surface area contributed by atoms with Crippen molar-refractivity contribution in [3.8, 4) is 90.8 Å². The highest BCUT2D eigenvalue weighted by Gasteiger charge is 2.24. The Morgan fingerprint density at radius 2 is 0.618 bits per heavy atom. The van der Waals surface area contributed by atoms with Gasteiger partial charge in [-0.1, -0.05) is 194 Å². The molecule has 0 spiro atoms. The number of benzene rings is 14. The summed E-state index contributed by atoms with van der Waals surface area (Å²) in [6, 6.07) is 107. The zero-order chi connectivity index (χ0) is 66.7. The first-order valence-corrected chi connectivity index (χ1v) is 35.6. The van der Waals surface area contributed by atoms with Crippen LogP contribution < -0.4 is 0 Å². The molecule has 0 fully saturated rings. The lowest BCUT2D eigenvalue weighted by atomic mass is 9.98. The van der Waals surface area contributed by atoms with Crippen LogP contribution in [0.25, 0.3) is 219 Å². The predicted octanol–water partition coefficient (Wildman–Crippen LogP) is 24.5. The van der Waals surface area contributed by atoms with E-state index in [1.54, 1.807) is 0 Å². The van der Waals surface area contributed by atoms with E-state index in [0.29, 0.717) is 35.2 Å². The molecule has 22 aromatic rings. The van der Waals surface area contributed by atoms with E-state index in [1.165, 1.54) is 51.5 Å². The average molecular weight is 1340 g/mol. The summed E-state index contributed by atoms with van der Waals surface area (Å²) >= 11 is 3.67. The van der Waals surface area contributed by atoms with E-state index in [2.05, 4.69) is 282 Å². The molecule has 12 heteroatoms. The van der Waals surface area contributed by atoms with Crippen molar-refractivity contribution in [1.82, 2.24) is 39.0 Å². The van der Waals surface area contributed by atoms with Crippen molar-refractivity contribution in [3.05, 3.63) is 303 Å². The van der Waals surface area contributed by atoms with E-state index in [1.807, 2.05) is 53.0 Å². The highest BCUT2D eigenvalue weighted by Crippen LogP contribution is 2.45. The number of para-hydroxylation sites is 3. The first-order chi connectivity index (χ1) is 50.5. The van der Waals surface area contributed by atoms with Gasteiger partial charge in [-0.15, -0.1) is 22.7 Å². The molecule has 0 N–H and O–H groups in total. The van der Waals surface area contributed by atoms with Gasteiger partial charge in [-0.3, -0.25) is 9.13 Å². The van der Waals surface area contributed by atoms with Gasteiger partial charge in [0.2, 0.25) is 11.9 Å². The molecule has 0 saturated carbocycles. The number of hydrogen-bond donors (Lipinski definition) is 0. The molecule has 8 heterocycles. The number of aromatic nitrogens is 8. The topological polar surface area (TPSA) is 113 Å². The molecule has 474 valence electrons. The number of thiophene rings is 2. The predicted molar refractivity (Wildman–Crippen MR) is 420 cm³/mol. The molecule has 8 aromatic heterocycles. The smallest absolute Gasteiger partial charge is 0.238 e. The van der Waals surface area contributed by atoms with Crippen LogP contribution >= 0.6 is 22.7 Å². The highest BCUT2D eigenvalue weighted by molar-refractivity contribution is 7.26. The number of nitrogens with zero attached hydrogens (tertiary/aromatic N) is 8. The van der Waals surface area contributed by atoms with Crippen molar-refractivity contribution in [3.63, 3.8) is 0 Å². The summed E-state index contributed by atoms with van der Waals surface area (Å²) in [5.41, 5.74) is 17.2. The van der Waals surface area contributed by atoms with E-state index < -0.39 is 0 Å². The fraction of sp³-hybridized carbons (Fsp3) is 0. The summed E-state index contributed by atoms with van der Waals surface area (Å²) < 4.78 is 22.8. The second-order valence-electron chi connectivity index (χ2n) is 26.1. The van der Waals surface area contributed by atoms with Gasteiger partial charge in [-0.05, 0) is 143 Å². The Hall–Kier alpha value is -13.3. The van der Waals surface area contributed by atoms with Crippen molar-refractivity contribution in [1.29, 1.82) is 0 Å². The minimum Gasteiger partial charge on any atom is -0.456 e. The third-order valence-electron chi connectivity index (χ3n) is 20.3. The monoisotopic (exact) mass is 1340 g/mol. The maximum Gasteiger partial charge on any atom is 0.238 e. The largest absolute Gasteiger partial charge is 0.456 e. The van der Waals surface area contributed by atoms with E-state index in [9.17, 15) is 0 Å². The molecule has 10 nitrogen and oxygen atoms in total. The second kappa shape index (κ2) is 22.1. The van der Waals surface area contributed by atoms with Gasteiger partial charge >= 0.3 is 0 Å². The van der Waals surface area contributed by atoms with Crippen molar-refractivity contribution in [2.45, 2.75) is 0 Å². The third kappa shape index (κ3) is 8.90. The molecule has 0 unspecified atom stereocenters. The molecule has 22 rings (SSSR count). The fourth-order valence-electron chi connectivity index (χ4n) is 15.5. The molecular weight excluding hydrogens is 1290 g/mol. The van der Waals surface area contributed by atoms with Gasteiger partial charge in [0.15, 0.2) is 23.3 Å². The van der Waals surface area contributed by atoms with Gasteiger partial charge in [0.1, 0.15) is 22.3 Å². The van der Waals surface area contributed by atoms with Crippen molar-refractivity contribution >= 4 is 151 Å². The molecular formula is C90H50N8O2S2. The van der Waals surface area contributed by atoms with Crippen LogP contribution in [0.2, 0.25) is 0 Å². The van der Waals surface area contributed by atoms with E-state index in [-0.39, 0.29) is 0 Å². The van der Waals surface area contributed by atoms with Crippen molar-refractivity contribution < 1.29 is 8.83 Å². The quantitative estimate of drug-likeness (QED) is 0.140. The van der Waals surface area contributed by atoms with Crippen LogP contribution in [0.4, 0.5) is 0 Å². The Labute approximate surface area is 588 Å². The van der Waals surface area contributed by atoms with Gasteiger partial charge in [0.05, 0.1) is 22.1 Å². The summed E-state index contributed by atoms with van der Waals surface area (Å²) in [6.45, 7) is 0. The van der Waals surface area contributed by atoms with Gasteiger partial charge in [0, 0.05) is 106 Å². The Bertz CT molecular complexity index is 7230. The molecule has 0 aliphatic rings. The zero-order valence-corrected chi connectivity index (χ0v) is 55.7. The first kappa shape index (κ1) is 56.7. The van der Waals surface area contributed by atoms with Crippen LogP contribution in [0, 0.1) is 0 Å². The first-order valence-electron chi connectivity index (χ1n) is 33.9. The highest BCUT2D eigenvalue weighted by atomic mass is 32.1. The number of hydrogen-bond acceptors (Lipinski definition) is 10. The molecule has 0 aliphatic carbocycles. The molecule has 0 atom stereocenters. The Morgan fingerprint density at radius 1 is 0.216 bits per heavy atom. The maximum absolute atomic E-state index is 6.71. The van der Waals surface area contributed by atoms with Crippen LogP contribution in [0.3, 0.4) is 0 Å². The summed E-state index contributed by atoms with van der Waals surface area (Å²) in [6.07, 6.45) is 0. The second-order valence-corrected chi connectivity index (χ2v) is 28.3. The summed E-state index contributed by atoms with van der Waals surface area (Å²) in [4.78, 5) is 31.8. The van der Waals surface area contributed by atoms with Crippen molar-refractivity contribution in [2.24, 2.45) is 0 Å². The Balaban J connectivity index is 0.627. The van der Waals surface area contributed by atoms with Crippen LogP contribution in [-0.2, 0) is 0 Å². The van der Waals surface area contributed by atoms with Crippen LogP contribution in [0.1, 0.15) is 0 Å². The van der Waals surface area contributed by atoms with E-state index >= 15 is 0 Å². The standard InChI is InChI=1S/C90H50N8O2S2/c1-2-15-52(16-3-1)85-91-87(58-33-39-64-69-46-55(36-42-76(69)99-78(64)49-58)56-38-44-82-71(47-56)66-20-7-12-26-80(66)101-82)96-90(93-85)98-74-25-11-6-19-63(74)68-45-54(35-41-75(68)98)51-29-31-53(32-30-51)86-92-88(95-89(94-86)97-72-23-9-4-17-61(72)62-18-5-10-24-73(62)97)59-34-40-65-70-48-57(37-43-77(70)100-79(65)50-59)60-22-14-28-83-84(60)67-21-8-13-27-81(67)102-83/h1-50H. The fourth-order valence-corrected chi connectivity index (χ4v) is 17.7. The van der Waals surface area contributed by atoms with E-state index in [0.717, 1.165) is 132 Å². The third-order valence-corrected chi connectivity index (χ3v) is 22.6. The van der Waals surface area contributed by atoms with Gasteiger partial charge in [0.25, 0.3) is 0 Å². The molecule has 102 heavy (non-hydrogen) atoms. The lowest BCUT2D eigenvalue weighted by Gasteiger charge is -2.12. The molecule has 0 saturated heterocycles. The lowest BCUT2D eigenvalue weighted by molar-refractivity contribution is 0.668. The Kier molecular flexibility index (Phi) is 12.3. The summed E-state index contributed by atoms with van der Waals surface area (Å²) in [7, 11) is 0. The van der Waals surface area contributed by atoms with E-state index in [4.69, 9.17) is 38.7 Å². The Morgan fingerprint density at radius 3 is 1.25 bits per heavy atom. The molecule has 0 aliphatic heterocycles. The average Bonchev–Trinajstić information content (AvgIpc) is 1.58. The minimum absolute atomic E-state index is 0.507. The van der Waals surface area contributed by atoms with Crippen LogP contribution in [0.15, 0.2) is 312 Å². The summed E-state index contributed by atoms with van der Waals surface area (Å²) in [5, 5.41) is 13.6. The number of rotatable bonds is 9. The minimum atomic E-state index is 0.507. The van der Waals surface area contributed by atoms with Gasteiger partial charge in [-0.2, -0.15) is 19.9 Å². The lowest BCUT2D eigenvalue weighted by Crippen LogP contribution is -2.06. The summed E-state index contributed by atoms with van der Waals surface area (Å²) in [5.74, 6) is 3.20. The zero-order valence-electron chi connectivity index (χ0n) is 54.1. The van der Waals surface area contributed by atoms with Crippen molar-refractivity contribution in [2.75, 3.05) is 0 Å². The van der Waals surface area contributed by atoms with Gasteiger partial charge < -0.3 is 8.83 Å². The molecule has 0 amide bonds. The SMILES string of the molecule is c1ccc(-c2nc(-c3ccc4c(c3)oc3ccc(-c5ccc6sc7ccccc7c6c5)cc34)nc(-n3c4ccccc4c4cc(-c5ccc(-c6nc(-c7ccc8c(c7)oc7ccc(-c9cccc%10sc%11ccccc%11c9%10)cc78)nc(-n7c8ccccc8c8ccccc87)n6)cc5)ccc43)n2)cc1. The molecule has 0 bridgehead atoms. The number of fused-ring (bicyclic) bond motifs is 18. The number of furan rings is 2. The molecule has 0 radical (unpaired) electrons.